The Hall–Kier alpha value is -3.75. The normalized spacial score (nSPS) is 12.1. The number of ether oxygens (including phenoxy) is 1. The number of hydrogen-bond donors (Lipinski definition) is 1. The third kappa shape index (κ3) is 4.30. The van der Waals surface area contributed by atoms with Crippen LogP contribution in [0.4, 0.5) is 5.82 Å². The van der Waals surface area contributed by atoms with Crippen LogP contribution in [0, 0.1) is 0 Å². The average molecular weight is 455 g/mol. The van der Waals surface area contributed by atoms with E-state index in [1.807, 2.05) is 42.7 Å². The average Bonchev–Trinajstić information content (AvgIpc) is 3.26. The highest BCUT2D eigenvalue weighted by Gasteiger charge is 2.23. The lowest BCUT2D eigenvalue weighted by atomic mass is 10.00. The van der Waals surface area contributed by atoms with Crippen molar-refractivity contribution in [2.75, 3.05) is 19.0 Å². The molecule has 8 heteroatoms. The molecule has 0 bridgehead atoms. The molecule has 0 aliphatic carbocycles. The van der Waals surface area contributed by atoms with Gasteiger partial charge in [-0.3, -0.25) is 4.98 Å². The van der Waals surface area contributed by atoms with Gasteiger partial charge in [0.25, 0.3) is 0 Å². The van der Waals surface area contributed by atoms with Crippen molar-refractivity contribution < 1.29 is 4.74 Å². The first-order chi connectivity index (χ1) is 16.2. The highest BCUT2D eigenvalue weighted by atomic mass is 32.1. The van der Waals surface area contributed by atoms with Crippen molar-refractivity contribution in [1.29, 1.82) is 0 Å². The van der Waals surface area contributed by atoms with Crippen LogP contribution in [0.5, 0.6) is 0 Å². The molecular weight excluding hydrogens is 432 g/mol. The highest BCUT2D eigenvalue weighted by Crippen LogP contribution is 2.46. The summed E-state index contributed by atoms with van der Waals surface area (Å²) in [4.78, 5) is 24.7. The van der Waals surface area contributed by atoms with E-state index in [9.17, 15) is 0 Å². The minimum atomic E-state index is 0.0468. The van der Waals surface area contributed by atoms with Crippen LogP contribution in [0.15, 0.2) is 73.3 Å². The van der Waals surface area contributed by atoms with E-state index in [0.717, 1.165) is 37.6 Å². The number of methoxy groups -OCH3 is 1. The SMILES string of the molecule is COCC(C)Nc1nc(-c2ncccn2)nc2sc(-c3ccncc3)c(-c3ccccc3)c12. The van der Waals surface area contributed by atoms with Gasteiger partial charge in [0.2, 0.25) is 5.82 Å². The monoisotopic (exact) mass is 454 g/mol. The summed E-state index contributed by atoms with van der Waals surface area (Å²) in [7, 11) is 1.69. The number of thiophene rings is 1. The molecule has 1 atom stereocenters. The van der Waals surface area contributed by atoms with Gasteiger partial charge in [-0.25, -0.2) is 19.9 Å². The molecule has 4 heterocycles. The summed E-state index contributed by atoms with van der Waals surface area (Å²) in [6.07, 6.45) is 7.01. The number of nitrogens with one attached hydrogen (secondary N) is 1. The van der Waals surface area contributed by atoms with Crippen LogP contribution < -0.4 is 5.32 Å². The summed E-state index contributed by atoms with van der Waals surface area (Å²) in [5.74, 6) is 1.71. The van der Waals surface area contributed by atoms with Crippen molar-refractivity contribution in [2.45, 2.75) is 13.0 Å². The lowest BCUT2D eigenvalue weighted by Gasteiger charge is -2.16. The molecular formula is C25H22N6OS. The zero-order valence-electron chi connectivity index (χ0n) is 18.3. The number of benzene rings is 1. The lowest BCUT2D eigenvalue weighted by Crippen LogP contribution is -2.22. The lowest BCUT2D eigenvalue weighted by molar-refractivity contribution is 0.190. The molecule has 1 aromatic carbocycles. The van der Waals surface area contributed by atoms with Gasteiger partial charge in [-0.05, 0) is 36.2 Å². The number of fused-ring (bicyclic) bond motifs is 1. The van der Waals surface area contributed by atoms with E-state index < -0.39 is 0 Å². The van der Waals surface area contributed by atoms with Crippen LogP contribution >= 0.6 is 11.3 Å². The Morgan fingerprint density at radius 3 is 2.36 bits per heavy atom. The van der Waals surface area contributed by atoms with E-state index >= 15 is 0 Å². The molecule has 4 aromatic heterocycles. The fraction of sp³-hybridized carbons (Fsp3) is 0.160. The van der Waals surface area contributed by atoms with E-state index in [4.69, 9.17) is 14.7 Å². The van der Waals surface area contributed by atoms with E-state index in [2.05, 4.69) is 39.3 Å². The van der Waals surface area contributed by atoms with Crippen molar-refractivity contribution in [3.8, 4) is 33.2 Å². The van der Waals surface area contributed by atoms with Crippen LogP contribution in [0.3, 0.4) is 0 Å². The highest BCUT2D eigenvalue weighted by molar-refractivity contribution is 7.22. The number of rotatable bonds is 7. The molecule has 164 valence electrons. The zero-order valence-corrected chi connectivity index (χ0v) is 19.1. The zero-order chi connectivity index (χ0) is 22.6. The summed E-state index contributed by atoms with van der Waals surface area (Å²) in [6.45, 7) is 2.61. The minimum absolute atomic E-state index is 0.0468. The molecule has 5 aromatic rings. The predicted molar refractivity (Wildman–Crippen MR) is 132 cm³/mol. The molecule has 0 spiro atoms. The van der Waals surface area contributed by atoms with Crippen LogP contribution in [0.2, 0.25) is 0 Å². The van der Waals surface area contributed by atoms with Crippen molar-refractivity contribution in [2.24, 2.45) is 0 Å². The third-order valence-electron chi connectivity index (χ3n) is 5.12. The Morgan fingerprint density at radius 1 is 0.879 bits per heavy atom. The summed E-state index contributed by atoms with van der Waals surface area (Å²) in [6, 6.07) is 16.2. The number of aromatic nitrogens is 5. The fourth-order valence-corrected chi connectivity index (χ4v) is 4.93. The Kier molecular flexibility index (Phi) is 6.01. The molecule has 33 heavy (non-hydrogen) atoms. The minimum Gasteiger partial charge on any atom is -0.383 e. The van der Waals surface area contributed by atoms with Gasteiger partial charge >= 0.3 is 0 Å². The number of anilines is 1. The van der Waals surface area contributed by atoms with Gasteiger partial charge in [0.1, 0.15) is 10.6 Å². The summed E-state index contributed by atoms with van der Waals surface area (Å²) in [5, 5.41) is 4.51. The van der Waals surface area contributed by atoms with Crippen LogP contribution in [-0.2, 0) is 4.74 Å². The number of hydrogen-bond acceptors (Lipinski definition) is 8. The Balaban J connectivity index is 1.81. The molecule has 0 radical (unpaired) electrons. The van der Waals surface area contributed by atoms with Gasteiger partial charge in [-0.1, -0.05) is 30.3 Å². The Morgan fingerprint density at radius 2 is 1.64 bits per heavy atom. The number of pyridine rings is 1. The maximum absolute atomic E-state index is 5.36. The first kappa shape index (κ1) is 21.1. The molecule has 0 fully saturated rings. The largest absolute Gasteiger partial charge is 0.383 e. The van der Waals surface area contributed by atoms with E-state index in [1.54, 1.807) is 36.9 Å². The Labute approximate surface area is 195 Å². The fourth-order valence-electron chi connectivity index (χ4n) is 3.73. The standard InChI is InChI=1S/C25H22N6OS/c1-16(15-32-2)29-22-20-19(17-7-4-3-5-8-17)21(18-9-13-26-14-10-18)33-25(20)31-24(30-22)23-27-11-6-12-28-23/h3-14,16H,15H2,1-2H3,(H,29,30,31). The first-order valence-corrected chi connectivity index (χ1v) is 11.4. The molecule has 0 aliphatic rings. The quantitative estimate of drug-likeness (QED) is 0.356. The molecule has 1 unspecified atom stereocenters. The van der Waals surface area contributed by atoms with Gasteiger partial charge in [0.15, 0.2) is 5.82 Å². The van der Waals surface area contributed by atoms with Crippen molar-refractivity contribution >= 4 is 27.4 Å². The molecule has 7 nitrogen and oxygen atoms in total. The molecule has 1 N–H and O–H groups in total. The molecule has 5 rings (SSSR count). The van der Waals surface area contributed by atoms with Gasteiger partial charge < -0.3 is 10.1 Å². The topological polar surface area (TPSA) is 85.7 Å². The molecule has 0 saturated heterocycles. The second kappa shape index (κ2) is 9.40. The van der Waals surface area contributed by atoms with Crippen LogP contribution in [0.1, 0.15) is 6.92 Å². The van der Waals surface area contributed by atoms with E-state index in [0.29, 0.717) is 18.3 Å². The molecule has 0 amide bonds. The maximum atomic E-state index is 5.36. The van der Waals surface area contributed by atoms with Crippen LogP contribution in [-0.4, -0.2) is 44.7 Å². The summed E-state index contributed by atoms with van der Waals surface area (Å²) in [5.41, 5.74) is 3.28. The van der Waals surface area contributed by atoms with E-state index in [1.165, 1.54) is 0 Å². The van der Waals surface area contributed by atoms with Gasteiger partial charge in [-0.15, -0.1) is 11.3 Å². The predicted octanol–water partition coefficient (Wildman–Crippen LogP) is 5.32. The smallest absolute Gasteiger partial charge is 0.201 e. The van der Waals surface area contributed by atoms with Crippen molar-refractivity contribution in [1.82, 2.24) is 24.9 Å². The second-order valence-corrected chi connectivity index (χ2v) is 8.56. The molecule has 0 aliphatic heterocycles. The second-order valence-electron chi connectivity index (χ2n) is 7.56. The Bertz CT molecular complexity index is 1360. The van der Waals surface area contributed by atoms with Gasteiger partial charge in [0, 0.05) is 48.4 Å². The summed E-state index contributed by atoms with van der Waals surface area (Å²) < 4.78 is 5.36. The van der Waals surface area contributed by atoms with Gasteiger partial charge in [0.05, 0.1) is 12.0 Å². The third-order valence-corrected chi connectivity index (χ3v) is 6.25. The molecule has 0 saturated carbocycles. The number of nitrogens with zero attached hydrogens (tertiary/aromatic N) is 5. The van der Waals surface area contributed by atoms with E-state index in [-0.39, 0.29) is 6.04 Å². The van der Waals surface area contributed by atoms with Gasteiger partial charge in [-0.2, -0.15) is 0 Å². The van der Waals surface area contributed by atoms with Crippen molar-refractivity contribution in [3.63, 3.8) is 0 Å². The van der Waals surface area contributed by atoms with Crippen molar-refractivity contribution in [3.05, 3.63) is 73.3 Å². The first-order valence-electron chi connectivity index (χ1n) is 10.6. The summed E-state index contributed by atoms with van der Waals surface area (Å²) >= 11 is 1.63. The maximum Gasteiger partial charge on any atom is 0.201 e. The van der Waals surface area contributed by atoms with Crippen LogP contribution in [0.25, 0.3) is 43.4 Å².